The van der Waals surface area contributed by atoms with E-state index in [4.69, 9.17) is 89.8 Å². The summed E-state index contributed by atoms with van der Waals surface area (Å²) in [6.45, 7) is 1.94. The van der Waals surface area contributed by atoms with Gasteiger partial charge in [-0.25, -0.2) is 0 Å². The van der Waals surface area contributed by atoms with Gasteiger partial charge in [-0.1, -0.05) is 95.8 Å². The topological polar surface area (TPSA) is 766 Å². The first-order chi connectivity index (χ1) is 54.3. The van der Waals surface area contributed by atoms with Gasteiger partial charge in [0.1, 0.15) is 23.0 Å². The number of hydrogen-bond acceptors (Lipinski definition) is 42. The molecule has 0 saturated carbocycles. The molecule has 2 amide bonds. The Kier molecular flexibility index (Phi) is 113. The van der Waals surface area contributed by atoms with Crippen LogP contribution in [-0.4, -0.2) is 230 Å². The molecule has 0 radical (unpaired) electrons. The third-order valence-electron chi connectivity index (χ3n) is 10.4. The minimum atomic E-state index is -1.75. The fraction of sp³-hybridized carbons (Fsp3) is 0.200. The van der Waals surface area contributed by atoms with Crippen molar-refractivity contribution in [1.29, 1.82) is 0 Å². The largest absolute Gasteiger partial charge is 3.00 e. The van der Waals surface area contributed by atoms with Crippen LogP contribution in [-0.2, 0) is 97.1 Å². The van der Waals surface area contributed by atoms with Gasteiger partial charge in [-0.15, -0.1) is 0 Å². The summed E-state index contributed by atoms with van der Waals surface area (Å²) in [4.78, 5) is 71.3. The number of rotatable bonds is 18. The van der Waals surface area contributed by atoms with Gasteiger partial charge in [-0.3, -0.25) is 29.5 Å². The zero-order valence-electron chi connectivity index (χ0n) is 67.8. The molecule has 4 aromatic carbocycles. The number of carboxylic acids is 2. The summed E-state index contributed by atoms with van der Waals surface area (Å²) < 4.78 is 19.6. The summed E-state index contributed by atoms with van der Waals surface area (Å²) >= 11 is 0. The van der Waals surface area contributed by atoms with Gasteiger partial charge in [0.05, 0.1) is 63.5 Å². The van der Waals surface area contributed by atoms with Crippen molar-refractivity contribution in [2.45, 2.75) is 13.8 Å². The van der Waals surface area contributed by atoms with E-state index in [-0.39, 0.29) is 212 Å². The number of carboxylic acid groups (broad SMARTS) is 2. The van der Waals surface area contributed by atoms with Crippen LogP contribution < -0.4 is 70.0 Å². The van der Waals surface area contributed by atoms with Gasteiger partial charge in [-0.05, 0) is 84.6 Å². The quantitative estimate of drug-likeness (QED) is 0.0158. The number of ether oxygens (including phenoxy) is 4. The fourth-order valence-electron chi connectivity index (χ4n) is 5.94. The number of benzene rings is 4. The van der Waals surface area contributed by atoms with Crippen LogP contribution in [0.3, 0.4) is 0 Å². The summed E-state index contributed by atoms with van der Waals surface area (Å²) in [5.74, 6) is -4.61. The normalized spacial score (nSPS) is 9.26. The maximum atomic E-state index is 11.8. The van der Waals surface area contributed by atoms with Crippen LogP contribution in [0.5, 0.6) is 46.0 Å². The Morgan fingerprint density at radius 2 is 0.508 bits per heavy atom. The van der Waals surface area contributed by atoms with Gasteiger partial charge in [0.15, 0.2) is 0 Å². The predicted octanol–water partition coefficient (Wildman–Crippen LogP) is -4.27. The number of aromatic nitrogens is 4. The number of carbonyl (C=O) groups excluding carboxylic acids is 4. The number of nitrogens with zero attached hydrogens (tertiary/aromatic N) is 16. The first-order valence-corrected chi connectivity index (χ1v) is 30.5. The molecule has 0 fully saturated rings. The Morgan fingerprint density at radius 1 is 0.361 bits per heavy atom. The summed E-state index contributed by atoms with van der Waals surface area (Å²) in [6.07, 6.45) is 18.2. The zero-order valence-corrected chi connectivity index (χ0v) is 83.9. The molecule has 0 aliphatic rings. The molecule has 0 spiro atoms. The second-order valence-electron chi connectivity index (χ2n) is 18.6. The van der Waals surface area contributed by atoms with Crippen LogP contribution in [0.2, 0.25) is 0 Å². The molecule has 648 valence electrons. The molecule has 0 atom stereocenters. The van der Waals surface area contributed by atoms with Crippen molar-refractivity contribution in [2.75, 3.05) is 85.1 Å². The average Bonchev–Trinajstić information content (AvgIpc) is 0.874. The Morgan fingerprint density at radius 3 is 0.623 bits per heavy atom. The van der Waals surface area contributed by atoms with Crippen LogP contribution in [0.4, 0.5) is 0 Å². The Bertz CT molecular complexity index is 3690. The van der Waals surface area contributed by atoms with E-state index >= 15 is 0 Å². The van der Waals surface area contributed by atoms with E-state index in [0.29, 0.717) is 44.5 Å². The van der Waals surface area contributed by atoms with Crippen molar-refractivity contribution >= 4 is 73.2 Å². The second-order valence-corrected chi connectivity index (χ2v) is 18.6. The minimum absolute atomic E-state index is 0. The molecular formula is C70H82N16O30Tb2Zn4. The van der Waals surface area contributed by atoms with Crippen molar-refractivity contribution in [1.82, 2.24) is 29.7 Å². The SMILES string of the molecule is CC(=O)[O-].CC(=O)[O-].CN(C)C=O.CN(C)C=O.CO.CO.CO.CO.COc1cccc(/C=N/N=C(\[O-])c2cccnc2)c1[O-].COc1cccc(/C=N/N=C(\[O-])c2cccnc2)c1[O-].COc1cccc(/C=N/N=C(\[O-])c2cccnc2)c1[O-].COc1cccc(/C=N/N=C(\[O-])c2cccnc2)c1[O-].O=[N+]([O-])[O-].O=[N+]([O-])[O-].[OH-].[OH-].[Tb+3].[Tb+3].[Zn+2].[Zn+2].[Zn+2].[Zn+2]. The summed E-state index contributed by atoms with van der Waals surface area (Å²) in [5.41, 5.74) is 2.52. The molecule has 0 aliphatic carbocycles. The van der Waals surface area contributed by atoms with E-state index in [1.807, 2.05) is 0 Å². The van der Waals surface area contributed by atoms with Crippen LogP contribution in [0.15, 0.2) is 212 Å². The molecule has 0 unspecified atom stereocenters. The smallest absolute Gasteiger partial charge is 0.870 e. The van der Waals surface area contributed by atoms with Crippen molar-refractivity contribution in [3.63, 3.8) is 0 Å². The van der Waals surface area contributed by atoms with Gasteiger partial charge in [0, 0.05) is 164 Å². The van der Waals surface area contributed by atoms with E-state index in [1.54, 1.807) is 174 Å². The number of carbonyl (C=O) groups is 4. The molecule has 4 aromatic heterocycles. The van der Waals surface area contributed by atoms with Crippen molar-refractivity contribution < 1.29 is 286 Å². The van der Waals surface area contributed by atoms with Crippen LogP contribution >= 0.6 is 0 Å². The average molecular weight is 2210 g/mol. The van der Waals surface area contributed by atoms with E-state index in [2.05, 4.69) is 60.7 Å². The first-order valence-electron chi connectivity index (χ1n) is 30.5. The third-order valence-corrected chi connectivity index (χ3v) is 10.4. The first kappa shape index (κ1) is 143. The van der Waals surface area contributed by atoms with E-state index in [9.17, 15) is 50.4 Å². The second kappa shape index (κ2) is 96.0. The molecule has 46 nitrogen and oxygen atoms in total. The summed E-state index contributed by atoms with van der Waals surface area (Å²) in [7, 11) is 16.4. The molecule has 0 saturated heterocycles. The molecule has 4 heterocycles. The fourth-order valence-corrected chi connectivity index (χ4v) is 5.94. The molecule has 0 bridgehead atoms. The molecule has 6 N–H and O–H groups in total. The number of aliphatic hydroxyl groups excluding tert-OH is 4. The van der Waals surface area contributed by atoms with Gasteiger partial charge in [0.25, 0.3) is 0 Å². The summed E-state index contributed by atoms with van der Waals surface area (Å²) in [6, 6.07) is 32.0. The Labute approximate surface area is 812 Å². The summed E-state index contributed by atoms with van der Waals surface area (Å²) in [5, 5.41) is 197. The standard InChI is InChI=1S/4C14H13N3O3.2C3H7NO.2C2H4O2.4CH4O.2NO3.2H2O.2Tb.4Zn/c4*1-20-12-6-2-4-10(13(12)18)9-16-17-14(19)11-5-3-7-15-8-11;2*1-4(2)3-5;2*1-2(3)4;4*1-2;2*2-1(3)4;;;;;;;;/h4*2-9,18H,1H3,(H,17,19);2*3H,1-2H3;2*1H3,(H,3,4);4*2H,1H3;;;2*1H2;;;;;;/q;;;;;;;;;;;;2*-1;;;2*+3;4*+2/p-12/b4*16-9+;;;;;;;;;;;;;;;;;;. The maximum absolute atomic E-state index is 11.8. The molecular weight excluding hydrogens is 2120 g/mol. The molecule has 0 aliphatic heterocycles. The minimum Gasteiger partial charge on any atom is -0.870 e. The van der Waals surface area contributed by atoms with Crippen molar-refractivity contribution in [3.8, 4) is 46.0 Å². The van der Waals surface area contributed by atoms with E-state index in [1.165, 1.54) is 87.9 Å². The number of methoxy groups -OCH3 is 4. The third kappa shape index (κ3) is 76.9. The van der Waals surface area contributed by atoms with Crippen LogP contribution in [0, 0.1) is 108 Å². The monoisotopic (exact) mass is 2200 g/mol. The maximum Gasteiger partial charge on any atom is 3.00 e. The van der Waals surface area contributed by atoms with Gasteiger partial charge >= 0.3 is 155 Å². The molecule has 122 heavy (non-hydrogen) atoms. The van der Waals surface area contributed by atoms with Crippen molar-refractivity contribution in [2.24, 2.45) is 40.8 Å². The molecule has 8 aromatic rings. The Balaban J connectivity index is -0.0000000924. The van der Waals surface area contributed by atoms with Crippen molar-refractivity contribution in [3.05, 3.63) is 246 Å². The predicted molar refractivity (Wildman–Crippen MR) is 401 cm³/mol. The number of amides is 2. The number of para-hydroxylation sites is 4. The van der Waals surface area contributed by atoms with E-state index in [0.717, 1.165) is 55.1 Å². The van der Waals surface area contributed by atoms with Gasteiger partial charge in [0.2, 0.25) is 12.8 Å². The molecule has 52 heteroatoms. The Hall–Kier alpha value is -10.5. The van der Waals surface area contributed by atoms with Crippen LogP contribution in [0.25, 0.3) is 0 Å². The zero-order chi connectivity index (χ0) is 88.4. The van der Waals surface area contributed by atoms with Gasteiger partial charge < -0.3 is 151 Å². The number of aliphatic carboxylic acids is 2. The van der Waals surface area contributed by atoms with Crippen LogP contribution in [0.1, 0.15) is 58.4 Å². The van der Waals surface area contributed by atoms with E-state index < -0.39 is 45.7 Å². The number of aliphatic hydroxyl groups is 4. The molecule has 8 rings (SSSR count). The number of pyridine rings is 4. The number of hydrogen-bond donors (Lipinski definition) is 4. The van der Waals surface area contributed by atoms with Gasteiger partial charge in [-0.2, -0.15) is 40.8 Å².